The first kappa shape index (κ1) is 8.75. The Hall–Kier alpha value is -0.340. The second kappa shape index (κ2) is 5.33. The topological polar surface area (TPSA) is 29.5 Å². The van der Waals surface area contributed by atoms with Crippen LogP contribution in [0, 0.1) is 0 Å². The van der Waals surface area contributed by atoms with Crippen LogP contribution in [0.5, 0.6) is 0 Å². The van der Waals surface area contributed by atoms with Crippen LogP contribution in [-0.2, 0) is 4.74 Å². The zero-order valence-electron chi connectivity index (χ0n) is 6.88. The summed E-state index contributed by atoms with van der Waals surface area (Å²) in [5.41, 5.74) is 1.50. The minimum absolute atomic E-state index is 0.163. The molecular formula is C9H16O2. The average Bonchev–Trinajstić information content (AvgIpc) is 2.07. The van der Waals surface area contributed by atoms with Gasteiger partial charge >= 0.3 is 0 Å². The lowest BCUT2D eigenvalue weighted by Crippen LogP contribution is -1.97. The highest BCUT2D eigenvalue weighted by Gasteiger charge is 2.03. The van der Waals surface area contributed by atoms with E-state index < -0.39 is 0 Å². The standard InChI is InChI=1S/C9H16O2/c10-8-11-7-6-9-4-2-1-3-5-9/h6,10H,1-5,7-8H2. The van der Waals surface area contributed by atoms with Gasteiger partial charge in [0.1, 0.15) is 6.79 Å². The fourth-order valence-corrected chi connectivity index (χ4v) is 1.44. The van der Waals surface area contributed by atoms with Crippen LogP contribution in [-0.4, -0.2) is 18.5 Å². The first-order valence-electron chi connectivity index (χ1n) is 4.30. The van der Waals surface area contributed by atoms with Crippen molar-refractivity contribution in [3.05, 3.63) is 11.6 Å². The van der Waals surface area contributed by atoms with E-state index in [1.807, 2.05) is 0 Å². The van der Waals surface area contributed by atoms with E-state index in [1.54, 1.807) is 0 Å². The van der Waals surface area contributed by atoms with Gasteiger partial charge in [-0.05, 0) is 25.7 Å². The van der Waals surface area contributed by atoms with Crippen molar-refractivity contribution in [3.63, 3.8) is 0 Å². The second-order valence-electron chi connectivity index (χ2n) is 2.92. The SMILES string of the molecule is OCOCC=C1CCCCC1. The molecule has 0 bridgehead atoms. The van der Waals surface area contributed by atoms with Gasteiger partial charge in [0.05, 0.1) is 6.61 Å². The summed E-state index contributed by atoms with van der Waals surface area (Å²) in [4.78, 5) is 0. The molecule has 0 atom stereocenters. The maximum Gasteiger partial charge on any atom is 0.143 e. The third-order valence-electron chi connectivity index (χ3n) is 2.08. The minimum Gasteiger partial charge on any atom is -0.371 e. The molecule has 2 heteroatoms. The molecule has 0 heterocycles. The highest BCUT2D eigenvalue weighted by Crippen LogP contribution is 2.22. The molecule has 0 amide bonds. The number of aliphatic hydroxyl groups is 1. The molecule has 1 fully saturated rings. The first-order valence-corrected chi connectivity index (χ1v) is 4.30. The monoisotopic (exact) mass is 156 g/mol. The fourth-order valence-electron chi connectivity index (χ4n) is 1.44. The summed E-state index contributed by atoms with van der Waals surface area (Å²) in [5.74, 6) is 0. The number of hydrogen-bond acceptors (Lipinski definition) is 2. The maximum absolute atomic E-state index is 8.34. The van der Waals surface area contributed by atoms with E-state index in [9.17, 15) is 0 Å². The van der Waals surface area contributed by atoms with E-state index in [2.05, 4.69) is 6.08 Å². The lowest BCUT2D eigenvalue weighted by atomic mass is 9.95. The Morgan fingerprint density at radius 3 is 2.64 bits per heavy atom. The van der Waals surface area contributed by atoms with Crippen LogP contribution >= 0.6 is 0 Å². The first-order chi connectivity index (χ1) is 5.43. The lowest BCUT2D eigenvalue weighted by molar-refractivity contribution is 0.0128. The van der Waals surface area contributed by atoms with Crippen LogP contribution in [0.1, 0.15) is 32.1 Å². The van der Waals surface area contributed by atoms with E-state index in [0.29, 0.717) is 6.61 Å². The molecule has 2 nitrogen and oxygen atoms in total. The maximum atomic E-state index is 8.34. The molecule has 1 rings (SSSR count). The van der Waals surface area contributed by atoms with Gasteiger partial charge in [-0.25, -0.2) is 0 Å². The number of hydrogen-bond donors (Lipinski definition) is 1. The summed E-state index contributed by atoms with van der Waals surface area (Å²) < 4.78 is 4.82. The molecule has 64 valence electrons. The van der Waals surface area contributed by atoms with Gasteiger partial charge in [-0.3, -0.25) is 0 Å². The molecule has 0 spiro atoms. The molecule has 0 unspecified atom stereocenters. The smallest absolute Gasteiger partial charge is 0.143 e. The van der Waals surface area contributed by atoms with Gasteiger partial charge in [-0.1, -0.05) is 18.1 Å². The zero-order chi connectivity index (χ0) is 7.94. The van der Waals surface area contributed by atoms with Crippen molar-refractivity contribution >= 4 is 0 Å². The lowest BCUT2D eigenvalue weighted by Gasteiger charge is -2.12. The van der Waals surface area contributed by atoms with Gasteiger partial charge in [0.25, 0.3) is 0 Å². The molecule has 1 aliphatic carbocycles. The number of allylic oxidation sites excluding steroid dienone is 1. The molecule has 0 aromatic heterocycles. The predicted octanol–water partition coefficient (Wildman–Crippen LogP) is 1.84. The third-order valence-corrected chi connectivity index (χ3v) is 2.08. The molecule has 0 aromatic rings. The van der Waals surface area contributed by atoms with Crippen molar-refractivity contribution in [2.45, 2.75) is 32.1 Å². The Balaban J connectivity index is 2.15. The number of aliphatic hydroxyl groups excluding tert-OH is 1. The highest BCUT2D eigenvalue weighted by atomic mass is 16.6. The van der Waals surface area contributed by atoms with Crippen molar-refractivity contribution in [1.82, 2.24) is 0 Å². The van der Waals surface area contributed by atoms with Crippen molar-refractivity contribution in [1.29, 1.82) is 0 Å². The minimum atomic E-state index is -0.163. The Kier molecular flexibility index (Phi) is 4.24. The Bertz CT molecular complexity index is 122. The molecule has 0 aliphatic heterocycles. The Morgan fingerprint density at radius 2 is 2.00 bits per heavy atom. The summed E-state index contributed by atoms with van der Waals surface area (Å²) >= 11 is 0. The van der Waals surface area contributed by atoms with Gasteiger partial charge in [0, 0.05) is 0 Å². The van der Waals surface area contributed by atoms with Crippen molar-refractivity contribution in [2.24, 2.45) is 0 Å². The highest BCUT2D eigenvalue weighted by molar-refractivity contribution is 5.03. The summed E-state index contributed by atoms with van der Waals surface area (Å²) in [6, 6.07) is 0. The zero-order valence-corrected chi connectivity index (χ0v) is 6.88. The van der Waals surface area contributed by atoms with Crippen LogP contribution < -0.4 is 0 Å². The largest absolute Gasteiger partial charge is 0.371 e. The normalized spacial score (nSPS) is 18.5. The Labute approximate surface area is 67.9 Å². The van der Waals surface area contributed by atoms with Gasteiger partial charge in [-0.15, -0.1) is 0 Å². The predicted molar refractivity (Wildman–Crippen MR) is 44.2 cm³/mol. The molecular weight excluding hydrogens is 140 g/mol. The molecule has 0 saturated heterocycles. The van der Waals surface area contributed by atoms with E-state index in [0.717, 1.165) is 0 Å². The summed E-state index contributed by atoms with van der Waals surface area (Å²) in [7, 11) is 0. The van der Waals surface area contributed by atoms with Crippen LogP contribution in [0.15, 0.2) is 11.6 Å². The number of ether oxygens (including phenoxy) is 1. The fraction of sp³-hybridized carbons (Fsp3) is 0.778. The van der Waals surface area contributed by atoms with E-state index in [4.69, 9.17) is 9.84 Å². The second-order valence-corrected chi connectivity index (χ2v) is 2.92. The van der Waals surface area contributed by atoms with E-state index in [1.165, 1.54) is 37.7 Å². The molecule has 0 aromatic carbocycles. The van der Waals surface area contributed by atoms with Gasteiger partial charge in [0.2, 0.25) is 0 Å². The van der Waals surface area contributed by atoms with Gasteiger partial charge < -0.3 is 9.84 Å². The molecule has 11 heavy (non-hydrogen) atoms. The van der Waals surface area contributed by atoms with E-state index in [-0.39, 0.29) is 6.79 Å². The summed E-state index contributed by atoms with van der Waals surface area (Å²) in [6.07, 6.45) is 8.59. The van der Waals surface area contributed by atoms with Crippen LogP contribution in [0.4, 0.5) is 0 Å². The molecule has 0 radical (unpaired) electrons. The molecule has 1 aliphatic rings. The van der Waals surface area contributed by atoms with E-state index >= 15 is 0 Å². The number of rotatable bonds is 3. The van der Waals surface area contributed by atoms with Crippen LogP contribution in [0.2, 0.25) is 0 Å². The molecule has 1 saturated carbocycles. The van der Waals surface area contributed by atoms with Gasteiger partial charge in [0.15, 0.2) is 0 Å². The average molecular weight is 156 g/mol. The molecule has 1 N–H and O–H groups in total. The van der Waals surface area contributed by atoms with Crippen LogP contribution in [0.3, 0.4) is 0 Å². The summed E-state index contributed by atoms with van der Waals surface area (Å²) in [6.45, 7) is 0.412. The quantitative estimate of drug-likeness (QED) is 0.384. The van der Waals surface area contributed by atoms with Crippen molar-refractivity contribution in [2.75, 3.05) is 13.4 Å². The van der Waals surface area contributed by atoms with Gasteiger partial charge in [-0.2, -0.15) is 0 Å². The van der Waals surface area contributed by atoms with Crippen LogP contribution in [0.25, 0.3) is 0 Å². The van der Waals surface area contributed by atoms with Crippen molar-refractivity contribution in [3.8, 4) is 0 Å². The third kappa shape index (κ3) is 3.54. The van der Waals surface area contributed by atoms with Crippen molar-refractivity contribution < 1.29 is 9.84 Å². The Morgan fingerprint density at radius 1 is 1.27 bits per heavy atom. The summed E-state index contributed by atoms with van der Waals surface area (Å²) in [5, 5.41) is 8.34.